The number of hydrogen-bond donors (Lipinski definition) is 2. The molecule has 3 unspecified atom stereocenters. The van der Waals surface area contributed by atoms with Crippen LogP contribution in [0.4, 0.5) is 0 Å². The first-order valence-electron chi connectivity index (χ1n) is 6.41. The molecule has 2 aliphatic rings. The van der Waals surface area contributed by atoms with Gasteiger partial charge in [-0.2, -0.15) is 0 Å². The van der Waals surface area contributed by atoms with E-state index in [4.69, 9.17) is 5.73 Å². The van der Waals surface area contributed by atoms with Crippen molar-refractivity contribution in [2.75, 3.05) is 0 Å². The van der Waals surface area contributed by atoms with Crippen molar-refractivity contribution in [3.8, 4) is 0 Å². The van der Waals surface area contributed by atoms with Gasteiger partial charge in [0.1, 0.15) is 0 Å². The monoisotopic (exact) mass is 236 g/mol. The van der Waals surface area contributed by atoms with Crippen molar-refractivity contribution in [3.05, 3.63) is 21.9 Å². The van der Waals surface area contributed by atoms with Crippen molar-refractivity contribution < 1.29 is 0 Å². The van der Waals surface area contributed by atoms with E-state index in [1.54, 1.807) is 10.4 Å². The molecule has 1 fully saturated rings. The third-order valence-electron chi connectivity index (χ3n) is 3.96. The van der Waals surface area contributed by atoms with Gasteiger partial charge in [-0.15, -0.1) is 11.3 Å². The first-order valence-corrected chi connectivity index (χ1v) is 7.29. The molecule has 3 heteroatoms. The van der Waals surface area contributed by atoms with Crippen LogP contribution >= 0.6 is 11.3 Å². The number of rotatable bonds is 2. The minimum absolute atomic E-state index is 0.433. The molecular formula is C13H20N2S. The lowest BCUT2D eigenvalue weighted by molar-refractivity contribution is 0.397. The fourth-order valence-electron chi connectivity index (χ4n) is 3.11. The minimum Gasteiger partial charge on any atom is -0.328 e. The normalized spacial score (nSPS) is 33.9. The molecule has 2 nitrogen and oxygen atoms in total. The van der Waals surface area contributed by atoms with Gasteiger partial charge >= 0.3 is 0 Å². The summed E-state index contributed by atoms with van der Waals surface area (Å²) in [5, 5.41) is 6.06. The van der Waals surface area contributed by atoms with E-state index >= 15 is 0 Å². The first-order chi connectivity index (χ1) is 7.83. The molecule has 2 aliphatic carbocycles. The average molecular weight is 236 g/mol. The second-order valence-corrected chi connectivity index (χ2v) is 6.18. The molecule has 3 N–H and O–H groups in total. The number of nitrogens with two attached hydrogens (primary N) is 1. The Balaban J connectivity index is 1.68. The number of nitrogens with one attached hydrogen (secondary N) is 1. The van der Waals surface area contributed by atoms with Gasteiger partial charge in [-0.3, -0.25) is 0 Å². The van der Waals surface area contributed by atoms with Crippen molar-refractivity contribution in [1.29, 1.82) is 0 Å². The van der Waals surface area contributed by atoms with E-state index in [1.165, 1.54) is 32.1 Å². The Morgan fingerprint density at radius 3 is 3.06 bits per heavy atom. The van der Waals surface area contributed by atoms with Crippen LogP contribution in [0.15, 0.2) is 11.4 Å². The van der Waals surface area contributed by atoms with Crippen LogP contribution < -0.4 is 11.1 Å². The van der Waals surface area contributed by atoms with Gasteiger partial charge in [-0.05, 0) is 55.5 Å². The molecule has 1 saturated carbocycles. The summed E-state index contributed by atoms with van der Waals surface area (Å²) in [6, 6.07) is 4.00. The van der Waals surface area contributed by atoms with Crippen LogP contribution in [0.25, 0.3) is 0 Å². The van der Waals surface area contributed by atoms with Crippen molar-refractivity contribution in [3.63, 3.8) is 0 Å². The van der Waals surface area contributed by atoms with Gasteiger partial charge in [0.25, 0.3) is 0 Å². The lowest BCUT2D eigenvalue weighted by Gasteiger charge is -2.27. The Labute approximate surface area is 101 Å². The maximum Gasteiger partial charge on any atom is 0.0333 e. The van der Waals surface area contributed by atoms with Crippen molar-refractivity contribution >= 4 is 11.3 Å². The quantitative estimate of drug-likeness (QED) is 0.828. The summed E-state index contributed by atoms with van der Waals surface area (Å²) in [7, 11) is 0. The highest BCUT2D eigenvalue weighted by Gasteiger charge is 2.27. The summed E-state index contributed by atoms with van der Waals surface area (Å²) in [5.74, 6) is 0. The molecule has 0 bridgehead atoms. The lowest BCUT2D eigenvalue weighted by Crippen LogP contribution is -2.33. The van der Waals surface area contributed by atoms with Crippen molar-refractivity contribution in [1.82, 2.24) is 5.32 Å². The molecule has 1 heterocycles. The van der Waals surface area contributed by atoms with Crippen LogP contribution in [0.3, 0.4) is 0 Å². The van der Waals surface area contributed by atoms with E-state index < -0.39 is 0 Å². The van der Waals surface area contributed by atoms with Crippen molar-refractivity contribution in [2.45, 2.75) is 56.7 Å². The average Bonchev–Trinajstić information content (AvgIpc) is 2.87. The number of hydrogen-bond acceptors (Lipinski definition) is 3. The highest BCUT2D eigenvalue weighted by atomic mass is 32.1. The van der Waals surface area contributed by atoms with Gasteiger partial charge in [0.2, 0.25) is 0 Å². The van der Waals surface area contributed by atoms with Gasteiger partial charge in [-0.25, -0.2) is 0 Å². The zero-order valence-corrected chi connectivity index (χ0v) is 10.4. The zero-order valence-electron chi connectivity index (χ0n) is 9.61. The highest BCUT2D eigenvalue weighted by molar-refractivity contribution is 7.10. The standard InChI is InChI=1S/C13H20N2S/c14-9-4-5-10(8-9)15-12-2-1-3-13-11(12)6-7-16-13/h6-7,9-10,12,15H,1-5,8,14H2. The van der Waals surface area contributed by atoms with Gasteiger partial charge in [0, 0.05) is 23.0 Å². The van der Waals surface area contributed by atoms with E-state index in [1.807, 2.05) is 11.3 Å². The van der Waals surface area contributed by atoms with E-state index in [0.29, 0.717) is 18.1 Å². The predicted molar refractivity (Wildman–Crippen MR) is 68.7 cm³/mol. The Morgan fingerprint density at radius 1 is 1.31 bits per heavy atom. The fourth-order valence-corrected chi connectivity index (χ4v) is 4.10. The molecule has 0 radical (unpaired) electrons. The first kappa shape index (κ1) is 10.8. The maximum atomic E-state index is 5.97. The second-order valence-electron chi connectivity index (χ2n) is 5.18. The van der Waals surface area contributed by atoms with E-state index in [2.05, 4.69) is 16.8 Å². The van der Waals surface area contributed by atoms with Crippen LogP contribution in [0.5, 0.6) is 0 Å². The molecule has 16 heavy (non-hydrogen) atoms. The molecule has 3 atom stereocenters. The molecule has 1 aromatic heterocycles. The van der Waals surface area contributed by atoms with Crippen LogP contribution in [0.2, 0.25) is 0 Å². The molecule has 0 amide bonds. The second kappa shape index (κ2) is 4.47. The maximum absolute atomic E-state index is 5.97. The van der Waals surface area contributed by atoms with Crippen molar-refractivity contribution in [2.24, 2.45) is 5.73 Å². The van der Waals surface area contributed by atoms with E-state index in [-0.39, 0.29) is 0 Å². The Hall–Kier alpha value is -0.380. The molecule has 0 aliphatic heterocycles. The summed E-state index contributed by atoms with van der Waals surface area (Å²) in [6.45, 7) is 0. The van der Waals surface area contributed by atoms with Gasteiger partial charge in [0.15, 0.2) is 0 Å². The van der Waals surface area contributed by atoms with Crippen LogP contribution in [0, 0.1) is 0 Å². The Kier molecular flexibility index (Phi) is 3.01. The van der Waals surface area contributed by atoms with Crippen LogP contribution in [0.1, 0.15) is 48.6 Å². The number of fused-ring (bicyclic) bond motifs is 1. The SMILES string of the molecule is NC1CCC(NC2CCCc3sccc32)C1. The number of aryl methyl sites for hydroxylation is 1. The smallest absolute Gasteiger partial charge is 0.0333 e. The summed E-state index contributed by atoms with van der Waals surface area (Å²) in [4.78, 5) is 1.60. The van der Waals surface area contributed by atoms with Gasteiger partial charge in [-0.1, -0.05) is 0 Å². The van der Waals surface area contributed by atoms with Gasteiger partial charge in [0.05, 0.1) is 0 Å². The topological polar surface area (TPSA) is 38.0 Å². The van der Waals surface area contributed by atoms with E-state index in [9.17, 15) is 0 Å². The number of thiophene rings is 1. The summed E-state index contributed by atoms with van der Waals surface area (Å²) in [6.07, 6.45) is 7.54. The summed E-state index contributed by atoms with van der Waals surface area (Å²) in [5.41, 5.74) is 7.53. The third kappa shape index (κ3) is 2.04. The molecular weight excluding hydrogens is 216 g/mol. The Morgan fingerprint density at radius 2 is 2.25 bits per heavy atom. The fraction of sp³-hybridized carbons (Fsp3) is 0.692. The molecule has 88 valence electrons. The largest absolute Gasteiger partial charge is 0.328 e. The molecule has 1 aromatic rings. The molecule has 0 spiro atoms. The molecule has 0 aromatic carbocycles. The highest BCUT2D eigenvalue weighted by Crippen LogP contribution is 2.34. The summed E-state index contributed by atoms with van der Waals surface area (Å²) < 4.78 is 0. The summed E-state index contributed by atoms with van der Waals surface area (Å²) >= 11 is 1.92. The third-order valence-corrected chi connectivity index (χ3v) is 4.96. The Bertz CT molecular complexity index is 361. The minimum atomic E-state index is 0.433. The lowest BCUT2D eigenvalue weighted by atomic mass is 9.93. The molecule has 0 saturated heterocycles. The van der Waals surface area contributed by atoms with Crippen LogP contribution in [-0.4, -0.2) is 12.1 Å². The predicted octanol–water partition coefficient (Wildman–Crippen LogP) is 2.59. The molecule has 3 rings (SSSR count). The van der Waals surface area contributed by atoms with E-state index in [0.717, 1.165) is 6.42 Å². The zero-order chi connectivity index (χ0) is 11.0. The van der Waals surface area contributed by atoms with Gasteiger partial charge < -0.3 is 11.1 Å². The van der Waals surface area contributed by atoms with Crippen LogP contribution in [-0.2, 0) is 6.42 Å².